The molecule has 0 atom stereocenters. The number of hydrogen-bond donors (Lipinski definition) is 1. The first kappa shape index (κ1) is 18.6. The summed E-state index contributed by atoms with van der Waals surface area (Å²) in [5.74, 6) is 0.795. The summed E-state index contributed by atoms with van der Waals surface area (Å²) < 4.78 is 21.8. The van der Waals surface area contributed by atoms with Crippen LogP contribution in [0, 0.1) is 18.7 Å². The van der Waals surface area contributed by atoms with Crippen LogP contribution < -0.4 is 10.5 Å². The van der Waals surface area contributed by atoms with Crippen LogP contribution in [0.15, 0.2) is 43.1 Å². The number of aryl methyl sites for hydroxylation is 1. The zero-order valence-corrected chi connectivity index (χ0v) is 15.9. The summed E-state index contributed by atoms with van der Waals surface area (Å²) in [5.41, 5.74) is 8.63. The zero-order chi connectivity index (χ0) is 19.5. The van der Waals surface area contributed by atoms with Gasteiger partial charge in [0.05, 0.1) is 19.0 Å². The molecule has 0 bridgehead atoms. The molecular formula is C21H24FN5O. The van der Waals surface area contributed by atoms with Crippen LogP contribution in [-0.2, 0) is 0 Å². The summed E-state index contributed by atoms with van der Waals surface area (Å²) >= 11 is 0. The molecule has 0 aliphatic heterocycles. The number of aromatic nitrogens is 4. The van der Waals surface area contributed by atoms with E-state index in [9.17, 15) is 4.39 Å². The summed E-state index contributed by atoms with van der Waals surface area (Å²) in [5, 5.41) is 4.33. The van der Waals surface area contributed by atoms with Crippen molar-refractivity contribution in [2.24, 2.45) is 11.7 Å². The first-order valence-electron chi connectivity index (χ1n) is 9.60. The van der Waals surface area contributed by atoms with E-state index in [1.54, 1.807) is 24.7 Å². The summed E-state index contributed by atoms with van der Waals surface area (Å²) in [6, 6.07) is 5.29. The molecule has 28 heavy (non-hydrogen) atoms. The highest BCUT2D eigenvalue weighted by Crippen LogP contribution is 2.30. The van der Waals surface area contributed by atoms with E-state index >= 15 is 0 Å². The van der Waals surface area contributed by atoms with E-state index in [0.29, 0.717) is 35.7 Å². The lowest BCUT2D eigenvalue weighted by Crippen LogP contribution is -2.28. The van der Waals surface area contributed by atoms with Crippen molar-refractivity contribution in [3.63, 3.8) is 0 Å². The molecule has 0 radical (unpaired) electrons. The quantitative estimate of drug-likeness (QED) is 0.729. The third kappa shape index (κ3) is 3.89. The summed E-state index contributed by atoms with van der Waals surface area (Å²) in [4.78, 5) is 8.47. The molecule has 0 amide bonds. The topological polar surface area (TPSA) is 78.8 Å². The van der Waals surface area contributed by atoms with Crippen molar-refractivity contribution in [2.75, 3.05) is 6.61 Å². The van der Waals surface area contributed by atoms with Crippen molar-refractivity contribution in [2.45, 2.75) is 38.6 Å². The summed E-state index contributed by atoms with van der Waals surface area (Å²) in [6.07, 6.45) is 10.8. The number of nitrogens with zero attached hydrogens (tertiary/aromatic N) is 4. The Labute approximate surface area is 163 Å². The van der Waals surface area contributed by atoms with Crippen LogP contribution in [0.1, 0.15) is 31.2 Å². The molecule has 7 heteroatoms. The van der Waals surface area contributed by atoms with E-state index in [1.165, 1.54) is 17.1 Å². The Balaban J connectivity index is 1.55. The molecule has 0 saturated heterocycles. The highest BCUT2D eigenvalue weighted by atomic mass is 19.1. The van der Waals surface area contributed by atoms with Gasteiger partial charge in [-0.05, 0) is 50.2 Å². The van der Waals surface area contributed by atoms with Gasteiger partial charge in [-0.1, -0.05) is 12.1 Å². The molecule has 1 aliphatic rings. The van der Waals surface area contributed by atoms with Gasteiger partial charge in [0.1, 0.15) is 23.5 Å². The second-order valence-electron chi connectivity index (χ2n) is 7.41. The van der Waals surface area contributed by atoms with Crippen LogP contribution in [-0.4, -0.2) is 32.4 Å². The lowest BCUT2D eigenvalue weighted by atomic mass is 9.87. The molecule has 2 aromatic heterocycles. The Kier molecular flexibility index (Phi) is 5.34. The van der Waals surface area contributed by atoms with Crippen molar-refractivity contribution in [1.82, 2.24) is 19.7 Å². The minimum absolute atomic E-state index is 0.315. The number of halogens is 1. The third-order valence-electron chi connectivity index (χ3n) is 5.32. The molecule has 1 saturated carbocycles. The van der Waals surface area contributed by atoms with Gasteiger partial charge in [0.25, 0.3) is 0 Å². The minimum Gasteiger partial charge on any atom is -0.489 e. The first-order chi connectivity index (χ1) is 13.6. The van der Waals surface area contributed by atoms with Gasteiger partial charge in [-0.15, -0.1) is 0 Å². The van der Waals surface area contributed by atoms with Crippen molar-refractivity contribution < 1.29 is 9.13 Å². The van der Waals surface area contributed by atoms with Crippen LogP contribution in [0.3, 0.4) is 0 Å². The SMILES string of the molecule is Cc1cccc(F)c1-n1cc(-c2ncncc2OCC2CCC(N)CC2)cn1. The van der Waals surface area contributed by atoms with E-state index in [4.69, 9.17) is 10.5 Å². The number of para-hydroxylation sites is 1. The maximum Gasteiger partial charge on any atom is 0.163 e. The van der Waals surface area contributed by atoms with Gasteiger partial charge < -0.3 is 10.5 Å². The van der Waals surface area contributed by atoms with Gasteiger partial charge in [-0.3, -0.25) is 0 Å². The lowest BCUT2D eigenvalue weighted by molar-refractivity contribution is 0.200. The van der Waals surface area contributed by atoms with E-state index < -0.39 is 0 Å². The maximum atomic E-state index is 14.3. The lowest BCUT2D eigenvalue weighted by Gasteiger charge is -2.26. The fourth-order valence-electron chi connectivity index (χ4n) is 3.68. The average molecular weight is 381 g/mol. The van der Waals surface area contributed by atoms with E-state index in [-0.39, 0.29) is 5.82 Å². The largest absolute Gasteiger partial charge is 0.489 e. The van der Waals surface area contributed by atoms with Gasteiger partial charge >= 0.3 is 0 Å². The van der Waals surface area contributed by atoms with Gasteiger partial charge in [-0.25, -0.2) is 19.0 Å². The van der Waals surface area contributed by atoms with Gasteiger partial charge in [0.15, 0.2) is 5.75 Å². The minimum atomic E-state index is -0.315. The molecule has 1 aromatic carbocycles. The fraction of sp³-hybridized carbons (Fsp3) is 0.381. The standard InChI is InChI=1S/C21H24FN5O/c1-14-3-2-4-18(22)21(14)27-11-16(9-26-27)20-19(10-24-13-25-20)28-12-15-5-7-17(23)8-6-15/h2-4,9-11,13,15,17H,5-8,12,23H2,1H3. The van der Waals surface area contributed by atoms with Crippen molar-refractivity contribution in [1.29, 1.82) is 0 Å². The van der Waals surface area contributed by atoms with Crippen LogP contribution in [0.25, 0.3) is 16.9 Å². The van der Waals surface area contributed by atoms with Crippen LogP contribution in [0.2, 0.25) is 0 Å². The second kappa shape index (κ2) is 8.06. The molecule has 1 fully saturated rings. The van der Waals surface area contributed by atoms with E-state index in [0.717, 1.165) is 36.8 Å². The Morgan fingerprint density at radius 3 is 2.82 bits per heavy atom. The molecule has 2 heterocycles. The van der Waals surface area contributed by atoms with E-state index in [1.807, 2.05) is 13.0 Å². The molecule has 0 unspecified atom stereocenters. The molecule has 1 aliphatic carbocycles. The van der Waals surface area contributed by atoms with Gasteiger partial charge in [0.2, 0.25) is 0 Å². The predicted octanol–water partition coefficient (Wildman–Crippen LogP) is 3.67. The number of benzene rings is 1. The van der Waals surface area contributed by atoms with Crippen LogP contribution in [0.5, 0.6) is 5.75 Å². The molecule has 6 nitrogen and oxygen atoms in total. The molecular weight excluding hydrogens is 357 g/mol. The summed E-state index contributed by atoms with van der Waals surface area (Å²) in [7, 11) is 0. The number of hydrogen-bond acceptors (Lipinski definition) is 5. The van der Waals surface area contributed by atoms with Crippen molar-refractivity contribution in [3.05, 3.63) is 54.5 Å². The normalized spacial score (nSPS) is 19.5. The predicted molar refractivity (Wildman–Crippen MR) is 105 cm³/mol. The van der Waals surface area contributed by atoms with Crippen LogP contribution in [0.4, 0.5) is 4.39 Å². The highest BCUT2D eigenvalue weighted by molar-refractivity contribution is 5.64. The number of ether oxygens (including phenoxy) is 1. The van der Waals surface area contributed by atoms with E-state index in [2.05, 4.69) is 15.1 Å². The van der Waals surface area contributed by atoms with Crippen molar-refractivity contribution in [3.8, 4) is 22.7 Å². The zero-order valence-electron chi connectivity index (χ0n) is 15.9. The molecule has 2 N–H and O–H groups in total. The Morgan fingerprint density at radius 2 is 2.04 bits per heavy atom. The molecule has 146 valence electrons. The molecule has 3 aromatic rings. The Bertz CT molecular complexity index is 929. The van der Waals surface area contributed by atoms with Gasteiger partial charge in [0, 0.05) is 17.8 Å². The first-order valence-corrected chi connectivity index (χ1v) is 9.60. The smallest absolute Gasteiger partial charge is 0.163 e. The number of rotatable bonds is 5. The third-order valence-corrected chi connectivity index (χ3v) is 5.32. The van der Waals surface area contributed by atoms with Crippen molar-refractivity contribution >= 4 is 0 Å². The van der Waals surface area contributed by atoms with Gasteiger partial charge in [-0.2, -0.15) is 5.10 Å². The van der Waals surface area contributed by atoms with Crippen LogP contribution >= 0.6 is 0 Å². The monoisotopic (exact) mass is 381 g/mol. The molecule has 4 rings (SSSR count). The second-order valence-corrected chi connectivity index (χ2v) is 7.41. The Morgan fingerprint density at radius 1 is 1.21 bits per heavy atom. The number of nitrogens with two attached hydrogens (primary N) is 1. The average Bonchev–Trinajstić information content (AvgIpc) is 3.17. The maximum absolute atomic E-state index is 14.3. The molecule has 0 spiro atoms. The Hall–Kier alpha value is -2.80. The summed E-state index contributed by atoms with van der Waals surface area (Å²) in [6.45, 7) is 2.47. The fourth-order valence-corrected chi connectivity index (χ4v) is 3.68. The highest BCUT2D eigenvalue weighted by Gasteiger charge is 2.20.